The number of hydrogen-bond acceptors (Lipinski definition) is 5. The molecule has 0 amide bonds. The number of fused-ring (bicyclic) bond motifs is 4. The van der Waals surface area contributed by atoms with Crippen molar-refractivity contribution in [1.82, 2.24) is 24.9 Å². The lowest BCUT2D eigenvalue weighted by Crippen LogP contribution is -1.96. The number of aromatic amines is 1. The number of rotatable bonds is 2. The van der Waals surface area contributed by atoms with Crippen LogP contribution in [-0.2, 0) is 0 Å². The molecule has 0 aliphatic heterocycles. The Kier molecular flexibility index (Phi) is 2.90. The van der Waals surface area contributed by atoms with Crippen LogP contribution in [0.4, 0.5) is 11.4 Å². The third kappa shape index (κ3) is 2.19. The summed E-state index contributed by atoms with van der Waals surface area (Å²) in [6.07, 6.45) is 9.01. The summed E-state index contributed by atoms with van der Waals surface area (Å²) in [6, 6.07) is 7.84. The second-order valence-corrected chi connectivity index (χ2v) is 5.96. The fourth-order valence-electron chi connectivity index (χ4n) is 3.15. The Labute approximate surface area is 143 Å². The van der Waals surface area contributed by atoms with Crippen LogP contribution in [0.1, 0.15) is 5.69 Å². The van der Waals surface area contributed by atoms with Crippen LogP contribution in [0.3, 0.4) is 0 Å². The van der Waals surface area contributed by atoms with Crippen molar-refractivity contribution in [3.8, 4) is 0 Å². The molecule has 0 saturated heterocycles. The zero-order valence-electron chi connectivity index (χ0n) is 13.5. The predicted molar refractivity (Wildman–Crippen MR) is 99.0 cm³/mol. The van der Waals surface area contributed by atoms with Crippen molar-refractivity contribution in [2.75, 3.05) is 5.32 Å². The smallest absolute Gasteiger partial charge is 0.100 e. The second kappa shape index (κ2) is 5.24. The monoisotopic (exact) mass is 326 g/mol. The maximum atomic E-state index is 4.82. The van der Waals surface area contributed by atoms with Crippen LogP contribution < -0.4 is 5.32 Å². The summed E-state index contributed by atoms with van der Waals surface area (Å²) in [6.45, 7) is 1.97. The average Bonchev–Trinajstić information content (AvgIpc) is 3.00. The van der Waals surface area contributed by atoms with Crippen LogP contribution in [0.2, 0.25) is 0 Å². The van der Waals surface area contributed by atoms with E-state index in [0.717, 1.165) is 49.9 Å². The molecule has 0 bridgehead atoms. The number of H-pyrrole nitrogens is 1. The molecular weight excluding hydrogens is 312 g/mol. The molecule has 120 valence electrons. The van der Waals surface area contributed by atoms with E-state index in [4.69, 9.17) is 4.98 Å². The molecule has 0 atom stereocenters. The van der Waals surface area contributed by atoms with Crippen molar-refractivity contribution in [2.45, 2.75) is 6.92 Å². The lowest BCUT2D eigenvalue weighted by molar-refractivity contribution is 1.20. The summed E-state index contributed by atoms with van der Waals surface area (Å²) >= 11 is 0. The molecule has 5 aromatic rings. The Morgan fingerprint density at radius 1 is 0.960 bits per heavy atom. The zero-order chi connectivity index (χ0) is 16.8. The zero-order valence-corrected chi connectivity index (χ0v) is 13.5. The van der Waals surface area contributed by atoms with Gasteiger partial charge in [-0.15, -0.1) is 0 Å². The topological polar surface area (TPSA) is 79.4 Å². The number of nitrogens with one attached hydrogen (secondary N) is 2. The van der Waals surface area contributed by atoms with Gasteiger partial charge in [-0.05, 0) is 31.2 Å². The van der Waals surface area contributed by atoms with Gasteiger partial charge in [0.05, 0.1) is 22.2 Å². The predicted octanol–water partition coefficient (Wildman–Crippen LogP) is 4.11. The van der Waals surface area contributed by atoms with Gasteiger partial charge >= 0.3 is 0 Å². The first-order valence-corrected chi connectivity index (χ1v) is 7.98. The first-order valence-electron chi connectivity index (χ1n) is 7.98. The summed E-state index contributed by atoms with van der Waals surface area (Å²) in [4.78, 5) is 21.1. The van der Waals surface area contributed by atoms with Gasteiger partial charge < -0.3 is 10.3 Å². The van der Waals surface area contributed by atoms with Gasteiger partial charge in [0.25, 0.3) is 0 Å². The summed E-state index contributed by atoms with van der Waals surface area (Å²) < 4.78 is 0. The van der Waals surface area contributed by atoms with Gasteiger partial charge in [-0.25, -0.2) is 4.98 Å². The Hall–Kier alpha value is -3.54. The minimum Gasteiger partial charge on any atom is -0.353 e. The maximum Gasteiger partial charge on any atom is 0.100 e. The fourth-order valence-corrected chi connectivity index (χ4v) is 3.15. The van der Waals surface area contributed by atoms with Crippen molar-refractivity contribution >= 4 is 44.2 Å². The molecule has 6 heteroatoms. The highest BCUT2D eigenvalue weighted by molar-refractivity contribution is 6.15. The van der Waals surface area contributed by atoms with E-state index in [-0.39, 0.29) is 0 Å². The van der Waals surface area contributed by atoms with E-state index in [1.807, 2.05) is 43.6 Å². The van der Waals surface area contributed by atoms with E-state index >= 15 is 0 Å². The number of aryl methyl sites for hydroxylation is 1. The molecule has 0 radical (unpaired) electrons. The van der Waals surface area contributed by atoms with Crippen molar-refractivity contribution in [1.29, 1.82) is 0 Å². The van der Waals surface area contributed by atoms with Crippen LogP contribution in [0.25, 0.3) is 32.8 Å². The van der Waals surface area contributed by atoms with Crippen molar-refractivity contribution in [3.63, 3.8) is 0 Å². The normalized spacial score (nSPS) is 11.4. The molecular formula is C19H14N6. The van der Waals surface area contributed by atoms with E-state index in [1.54, 1.807) is 18.6 Å². The van der Waals surface area contributed by atoms with Gasteiger partial charge in [-0.1, -0.05) is 0 Å². The SMILES string of the molecule is Cc1cc(Nc2c3cnccc3nc3c2[nH]c2ccncc23)ccn1. The van der Waals surface area contributed by atoms with Crippen molar-refractivity contribution < 1.29 is 0 Å². The van der Waals surface area contributed by atoms with Gasteiger partial charge in [-0.2, -0.15) is 0 Å². The van der Waals surface area contributed by atoms with Crippen LogP contribution in [0, 0.1) is 6.92 Å². The molecule has 0 spiro atoms. The molecule has 0 aliphatic carbocycles. The average molecular weight is 326 g/mol. The molecule has 5 aromatic heterocycles. The number of aromatic nitrogens is 5. The molecule has 6 nitrogen and oxygen atoms in total. The van der Waals surface area contributed by atoms with Gasteiger partial charge in [0, 0.05) is 53.1 Å². The van der Waals surface area contributed by atoms with E-state index in [2.05, 4.69) is 25.3 Å². The highest BCUT2D eigenvalue weighted by Gasteiger charge is 2.14. The number of nitrogens with zero attached hydrogens (tertiary/aromatic N) is 4. The number of pyridine rings is 4. The van der Waals surface area contributed by atoms with Crippen molar-refractivity contribution in [3.05, 3.63) is 60.9 Å². The molecule has 0 saturated carbocycles. The van der Waals surface area contributed by atoms with Crippen LogP contribution in [0.15, 0.2) is 55.2 Å². The third-order valence-electron chi connectivity index (χ3n) is 4.29. The van der Waals surface area contributed by atoms with Gasteiger partial charge in [-0.3, -0.25) is 15.0 Å². The first-order chi connectivity index (χ1) is 12.3. The molecule has 0 aliphatic rings. The molecule has 0 fully saturated rings. The van der Waals surface area contributed by atoms with E-state index < -0.39 is 0 Å². The maximum absolute atomic E-state index is 4.82. The van der Waals surface area contributed by atoms with Crippen LogP contribution >= 0.6 is 0 Å². The molecule has 2 N–H and O–H groups in total. The van der Waals surface area contributed by atoms with Gasteiger partial charge in [0.2, 0.25) is 0 Å². The van der Waals surface area contributed by atoms with Gasteiger partial charge in [0.1, 0.15) is 5.52 Å². The number of hydrogen-bond donors (Lipinski definition) is 2. The number of anilines is 2. The molecule has 5 rings (SSSR count). The van der Waals surface area contributed by atoms with E-state index in [1.165, 1.54) is 0 Å². The second-order valence-electron chi connectivity index (χ2n) is 5.96. The lowest BCUT2D eigenvalue weighted by atomic mass is 10.1. The Bertz CT molecular complexity index is 1240. The third-order valence-corrected chi connectivity index (χ3v) is 4.29. The highest BCUT2D eigenvalue weighted by Crippen LogP contribution is 2.35. The quantitative estimate of drug-likeness (QED) is 0.510. The Morgan fingerprint density at radius 2 is 1.80 bits per heavy atom. The molecule has 0 aromatic carbocycles. The van der Waals surface area contributed by atoms with E-state index in [0.29, 0.717) is 0 Å². The highest BCUT2D eigenvalue weighted by atomic mass is 14.9. The minimum atomic E-state index is 0.889. The Balaban J connectivity index is 1.86. The standard InChI is InChI=1S/C19H14N6/c1-11-8-12(2-7-22-11)23-17-13-9-20-5-3-15(13)24-18-14-10-21-6-4-16(14)25-19(17)18/h2-10,25H,1H3,(H,22,23,24). The molecule has 5 heterocycles. The van der Waals surface area contributed by atoms with Crippen LogP contribution in [0.5, 0.6) is 0 Å². The Morgan fingerprint density at radius 3 is 2.68 bits per heavy atom. The minimum absolute atomic E-state index is 0.889. The summed E-state index contributed by atoms with van der Waals surface area (Å²) in [5.74, 6) is 0. The summed E-state index contributed by atoms with van der Waals surface area (Å²) in [7, 11) is 0. The van der Waals surface area contributed by atoms with Crippen molar-refractivity contribution in [2.24, 2.45) is 0 Å². The largest absolute Gasteiger partial charge is 0.353 e. The van der Waals surface area contributed by atoms with Crippen LogP contribution in [-0.4, -0.2) is 24.9 Å². The first kappa shape index (κ1) is 13.9. The summed E-state index contributed by atoms with van der Waals surface area (Å²) in [5.41, 5.74) is 6.62. The lowest BCUT2D eigenvalue weighted by Gasteiger charge is -2.11. The summed E-state index contributed by atoms with van der Waals surface area (Å²) in [5, 5.41) is 5.49. The van der Waals surface area contributed by atoms with E-state index in [9.17, 15) is 0 Å². The fraction of sp³-hybridized carbons (Fsp3) is 0.0526. The molecule has 0 unspecified atom stereocenters. The van der Waals surface area contributed by atoms with Gasteiger partial charge in [0.15, 0.2) is 0 Å². The molecule has 25 heavy (non-hydrogen) atoms.